The highest BCUT2D eigenvalue weighted by Crippen LogP contribution is 2.22. The van der Waals surface area contributed by atoms with E-state index < -0.39 is 0 Å². The standard InChI is InChI=1S/C10H15ClN4O2/c1-6-5-15(4-3-7(6)16)9-12-8(11)13-10(14-9)17-2/h6-7,16H,3-5H2,1-2H3. The highest BCUT2D eigenvalue weighted by molar-refractivity contribution is 6.28. The molecule has 0 spiro atoms. The van der Waals surface area contributed by atoms with Gasteiger partial charge in [0.25, 0.3) is 0 Å². The maximum atomic E-state index is 9.67. The van der Waals surface area contributed by atoms with Crippen molar-refractivity contribution in [1.29, 1.82) is 0 Å². The van der Waals surface area contributed by atoms with Gasteiger partial charge in [0.1, 0.15) is 0 Å². The summed E-state index contributed by atoms with van der Waals surface area (Å²) in [5, 5.41) is 9.78. The van der Waals surface area contributed by atoms with Gasteiger partial charge >= 0.3 is 6.01 Å². The minimum atomic E-state index is -0.259. The molecule has 17 heavy (non-hydrogen) atoms. The fourth-order valence-electron chi connectivity index (χ4n) is 1.87. The molecule has 0 bridgehead atoms. The summed E-state index contributed by atoms with van der Waals surface area (Å²) in [6, 6.07) is 0.207. The minimum absolute atomic E-state index is 0.116. The molecule has 0 aromatic carbocycles. The number of anilines is 1. The van der Waals surface area contributed by atoms with Crippen LogP contribution >= 0.6 is 11.6 Å². The molecule has 0 saturated carbocycles. The smallest absolute Gasteiger partial charge is 0.322 e. The summed E-state index contributed by atoms with van der Waals surface area (Å²) in [7, 11) is 1.48. The Hall–Kier alpha value is -1.14. The molecule has 1 aromatic heterocycles. The number of methoxy groups -OCH3 is 1. The Kier molecular flexibility index (Phi) is 3.63. The zero-order chi connectivity index (χ0) is 12.4. The Labute approximate surface area is 105 Å². The second-order valence-corrected chi connectivity index (χ2v) is 4.51. The Morgan fingerprint density at radius 1 is 1.41 bits per heavy atom. The average molecular weight is 259 g/mol. The molecule has 94 valence electrons. The Balaban J connectivity index is 2.19. The second-order valence-electron chi connectivity index (χ2n) is 4.17. The third-order valence-electron chi connectivity index (χ3n) is 2.90. The van der Waals surface area contributed by atoms with Gasteiger partial charge in [-0.1, -0.05) is 6.92 Å². The van der Waals surface area contributed by atoms with Gasteiger partial charge in [0.05, 0.1) is 13.2 Å². The second kappa shape index (κ2) is 5.01. The van der Waals surface area contributed by atoms with Crippen LogP contribution in [0.3, 0.4) is 0 Å². The van der Waals surface area contributed by atoms with Crippen molar-refractivity contribution in [3.05, 3.63) is 5.28 Å². The van der Waals surface area contributed by atoms with Crippen LogP contribution in [0.1, 0.15) is 13.3 Å². The predicted molar refractivity (Wildman–Crippen MR) is 63.4 cm³/mol. The van der Waals surface area contributed by atoms with Crippen molar-refractivity contribution in [2.45, 2.75) is 19.4 Å². The molecule has 1 aliphatic rings. The van der Waals surface area contributed by atoms with Crippen molar-refractivity contribution in [2.24, 2.45) is 5.92 Å². The first kappa shape index (κ1) is 12.3. The van der Waals surface area contributed by atoms with Crippen molar-refractivity contribution >= 4 is 17.5 Å². The Morgan fingerprint density at radius 2 is 2.18 bits per heavy atom. The molecule has 2 rings (SSSR count). The quantitative estimate of drug-likeness (QED) is 0.844. The topological polar surface area (TPSA) is 71.4 Å². The molecular weight excluding hydrogens is 244 g/mol. The van der Waals surface area contributed by atoms with Crippen molar-refractivity contribution in [1.82, 2.24) is 15.0 Å². The lowest BCUT2D eigenvalue weighted by molar-refractivity contribution is 0.0966. The van der Waals surface area contributed by atoms with Crippen LogP contribution in [-0.2, 0) is 0 Å². The van der Waals surface area contributed by atoms with Crippen LogP contribution in [0, 0.1) is 5.92 Å². The largest absolute Gasteiger partial charge is 0.467 e. The van der Waals surface area contributed by atoms with E-state index in [2.05, 4.69) is 15.0 Å². The number of piperidine rings is 1. The van der Waals surface area contributed by atoms with Crippen LogP contribution in [-0.4, -0.2) is 46.4 Å². The van der Waals surface area contributed by atoms with E-state index in [0.29, 0.717) is 25.5 Å². The number of nitrogens with zero attached hydrogens (tertiary/aromatic N) is 4. The number of aliphatic hydroxyl groups excluding tert-OH is 1. The van der Waals surface area contributed by atoms with E-state index in [1.54, 1.807) is 0 Å². The van der Waals surface area contributed by atoms with Crippen molar-refractivity contribution in [3.8, 4) is 6.01 Å². The van der Waals surface area contributed by atoms with Crippen LogP contribution < -0.4 is 9.64 Å². The zero-order valence-corrected chi connectivity index (χ0v) is 10.6. The summed E-state index contributed by atoms with van der Waals surface area (Å²) in [5.74, 6) is 0.686. The van der Waals surface area contributed by atoms with Gasteiger partial charge in [0.15, 0.2) is 0 Å². The number of aliphatic hydroxyl groups is 1. The number of rotatable bonds is 2. The number of hydrogen-bond donors (Lipinski definition) is 1. The number of ether oxygens (including phenoxy) is 1. The minimum Gasteiger partial charge on any atom is -0.467 e. The van der Waals surface area contributed by atoms with E-state index >= 15 is 0 Å². The first-order valence-electron chi connectivity index (χ1n) is 5.48. The van der Waals surface area contributed by atoms with Gasteiger partial charge in [-0.2, -0.15) is 15.0 Å². The molecule has 1 N–H and O–H groups in total. The van der Waals surface area contributed by atoms with Crippen LogP contribution in [0.5, 0.6) is 6.01 Å². The fourth-order valence-corrected chi connectivity index (χ4v) is 2.02. The molecule has 1 aliphatic heterocycles. The first-order chi connectivity index (χ1) is 8.10. The molecule has 2 heterocycles. The highest BCUT2D eigenvalue weighted by atomic mass is 35.5. The van der Waals surface area contributed by atoms with E-state index in [1.807, 2.05) is 11.8 Å². The van der Waals surface area contributed by atoms with Gasteiger partial charge < -0.3 is 14.7 Å². The molecule has 2 unspecified atom stereocenters. The molecule has 0 radical (unpaired) electrons. The molecule has 7 heteroatoms. The van der Waals surface area contributed by atoms with E-state index in [9.17, 15) is 5.11 Å². The Morgan fingerprint density at radius 3 is 2.82 bits per heavy atom. The van der Waals surface area contributed by atoms with E-state index in [1.165, 1.54) is 7.11 Å². The maximum Gasteiger partial charge on any atom is 0.322 e. The molecule has 2 atom stereocenters. The first-order valence-corrected chi connectivity index (χ1v) is 5.86. The van der Waals surface area contributed by atoms with Gasteiger partial charge in [0, 0.05) is 13.1 Å². The van der Waals surface area contributed by atoms with E-state index in [-0.39, 0.29) is 23.3 Å². The lowest BCUT2D eigenvalue weighted by Gasteiger charge is -2.34. The van der Waals surface area contributed by atoms with Gasteiger partial charge in [-0.05, 0) is 23.9 Å². The molecule has 1 aromatic rings. The van der Waals surface area contributed by atoms with E-state index in [4.69, 9.17) is 16.3 Å². The van der Waals surface area contributed by atoms with Crippen LogP contribution in [0.4, 0.5) is 5.95 Å². The monoisotopic (exact) mass is 258 g/mol. The molecule has 1 saturated heterocycles. The predicted octanol–water partition coefficient (Wildman–Crippen LogP) is 0.741. The Bertz CT molecular complexity index is 404. The van der Waals surface area contributed by atoms with Crippen LogP contribution in [0.25, 0.3) is 0 Å². The van der Waals surface area contributed by atoms with Gasteiger partial charge in [0.2, 0.25) is 11.2 Å². The van der Waals surface area contributed by atoms with Gasteiger partial charge in [-0.3, -0.25) is 0 Å². The summed E-state index contributed by atoms with van der Waals surface area (Å²) >= 11 is 5.79. The summed E-state index contributed by atoms with van der Waals surface area (Å²) in [5.41, 5.74) is 0. The number of aromatic nitrogens is 3. The molecule has 6 nitrogen and oxygen atoms in total. The molecular formula is C10H15ClN4O2. The lowest BCUT2D eigenvalue weighted by Crippen LogP contribution is -2.42. The highest BCUT2D eigenvalue weighted by Gasteiger charge is 2.26. The molecule has 0 amide bonds. The zero-order valence-electron chi connectivity index (χ0n) is 9.80. The van der Waals surface area contributed by atoms with Gasteiger partial charge in [-0.15, -0.1) is 0 Å². The van der Waals surface area contributed by atoms with Gasteiger partial charge in [-0.25, -0.2) is 0 Å². The lowest BCUT2D eigenvalue weighted by atomic mass is 9.97. The summed E-state index contributed by atoms with van der Waals surface area (Å²) < 4.78 is 4.95. The van der Waals surface area contributed by atoms with Crippen molar-refractivity contribution < 1.29 is 9.84 Å². The molecule has 1 fully saturated rings. The number of hydrogen-bond acceptors (Lipinski definition) is 6. The third kappa shape index (κ3) is 2.76. The molecule has 0 aliphatic carbocycles. The third-order valence-corrected chi connectivity index (χ3v) is 3.07. The normalized spacial score (nSPS) is 24.8. The summed E-state index contributed by atoms with van der Waals surface area (Å²) in [4.78, 5) is 14.0. The summed E-state index contributed by atoms with van der Waals surface area (Å²) in [6.45, 7) is 3.40. The SMILES string of the molecule is COc1nc(Cl)nc(N2CCC(O)C(C)C2)n1. The van der Waals surface area contributed by atoms with Crippen LogP contribution in [0.2, 0.25) is 5.28 Å². The van der Waals surface area contributed by atoms with E-state index in [0.717, 1.165) is 0 Å². The maximum absolute atomic E-state index is 9.67. The van der Waals surface area contributed by atoms with Crippen LogP contribution in [0.15, 0.2) is 0 Å². The van der Waals surface area contributed by atoms with Crippen molar-refractivity contribution in [2.75, 3.05) is 25.1 Å². The fraction of sp³-hybridized carbons (Fsp3) is 0.700. The summed E-state index contributed by atoms with van der Waals surface area (Å²) in [6.07, 6.45) is 0.442. The van der Waals surface area contributed by atoms with Crippen molar-refractivity contribution in [3.63, 3.8) is 0 Å². The average Bonchev–Trinajstić information content (AvgIpc) is 2.32. The number of halogens is 1.